The van der Waals surface area contributed by atoms with E-state index in [0.717, 1.165) is 5.75 Å². The van der Waals surface area contributed by atoms with Crippen LogP contribution in [0.2, 0.25) is 0 Å². The number of guanidine groups is 1. The summed E-state index contributed by atoms with van der Waals surface area (Å²) in [4.78, 5) is 16.1. The quantitative estimate of drug-likeness (QED) is 0.385. The first kappa shape index (κ1) is 19.3. The molecule has 3 N–H and O–H groups in total. The van der Waals surface area contributed by atoms with Crippen LogP contribution in [0.4, 0.5) is 0 Å². The van der Waals surface area contributed by atoms with Gasteiger partial charge in [0.05, 0.1) is 6.54 Å². The van der Waals surface area contributed by atoms with Gasteiger partial charge in [0.25, 0.3) is 5.91 Å². The molecule has 0 aromatic heterocycles. The minimum atomic E-state index is -0.0816. The highest BCUT2D eigenvalue weighted by Crippen LogP contribution is 2.10. The topological polar surface area (TPSA) is 74.8 Å². The smallest absolute Gasteiger partial charge is 0.251 e. The summed E-state index contributed by atoms with van der Waals surface area (Å²) in [6.07, 6.45) is 0. The highest BCUT2D eigenvalue weighted by Gasteiger charge is 2.03. The molecule has 0 atom stereocenters. The van der Waals surface area contributed by atoms with Gasteiger partial charge in [-0.15, -0.1) is 0 Å². The van der Waals surface area contributed by atoms with Crippen LogP contribution in [0.3, 0.4) is 0 Å². The number of nitrogens with zero attached hydrogens (tertiary/aromatic N) is 1. The van der Waals surface area contributed by atoms with Crippen molar-refractivity contribution in [3.05, 3.63) is 65.7 Å². The van der Waals surface area contributed by atoms with E-state index in [4.69, 9.17) is 4.74 Å². The zero-order valence-electron chi connectivity index (χ0n) is 15.3. The van der Waals surface area contributed by atoms with Gasteiger partial charge >= 0.3 is 0 Å². The molecular weight excluding hydrogens is 328 g/mol. The van der Waals surface area contributed by atoms with Crippen LogP contribution in [-0.2, 0) is 0 Å². The van der Waals surface area contributed by atoms with Crippen molar-refractivity contribution >= 4 is 11.9 Å². The summed E-state index contributed by atoms with van der Waals surface area (Å²) in [6, 6.07) is 17.1. The number of amides is 1. The molecule has 0 radical (unpaired) electrons. The molecule has 0 heterocycles. The maximum Gasteiger partial charge on any atom is 0.251 e. The monoisotopic (exact) mass is 354 g/mol. The fourth-order valence-corrected chi connectivity index (χ4v) is 2.24. The summed E-state index contributed by atoms with van der Waals surface area (Å²) in [7, 11) is 1.71. The van der Waals surface area contributed by atoms with Gasteiger partial charge in [0.15, 0.2) is 5.96 Å². The lowest BCUT2D eigenvalue weighted by Crippen LogP contribution is -2.42. The molecule has 26 heavy (non-hydrogen) atoms. The van der Waals surface area contributed by atoms with Crippen molar-refractivity contribution in [1.82, 2.24) is 16.0 Å². The van der Waals surface area contributed by atoms with Gasteiger partial charge in [-0.2, -0.15) is 0 Å². The van der Waals surface area contributed by atoms with Gasteiger partial charge in [0.1, 0.15) is 12.4 Å². The van der Waals surface area contributed by atoms with Crippen LogP contribution in [0, 0.1) is 6.92 Å². The summed E-state index contributed by atoms with van der Waals surface area (Å²) in [5, 5.41) is 9.19. The molecule has 2 aromatic rings. The fraction of sp³-hybridized carbons (Fsp3) is 0.300. The Morgan fingerprint density at radius 1 is 0.923 bits per heavy atom. The minimum absolute atomic E-state index is 0.0816. The van der Waals surface area contributed by atoms with E-state index in [1.807, 2.05) is 49.4 Å². The minimum Gasteiger partial charge on any atom is -0.492 e. The Labute approximate surface area is 154 Å². The number of hydrogen-bond acceptors (Lipinski definition) is 3. The summed E-state index contributed by atoms with van der Waals surface area (Å²) in [5.74, 6) is 1.44. The van der Waals surface area contributed by atoms with E-state index >= 15 is 0 Å². The largest absolute Gasteiger partial charge is 0.492 e. The molecule has 0 aliphatic carbocycles. The van der Waals surface area contributed by atoms with Gasteiger partial charge in [0.2, 0.25) is 0 Å². The van der Waals surface area contributed by atoms with E-state index in [1.165, 1.54) is 5.56 Å². The first-order valence-electron chi connectivity index (χ1n) is 8.66. The molecule has 0 saturated heterocycles. The second-order valence-electron chi connectivity index (χ2n) is 5.71. The number of hydrogen-bond donors (Lipinski definition) is 3. The molecule has 0 fully saturated rings. The molecule has 2 rings (SSSR count). The number of rotatable bonds is 8. The van der Waals surface area contributed by atoms with Crippen LogP contribution < -0.4 is 20.7 Å². The normalized spacial score (nSPS) is 10.9. The van der Waals surface area contributed by atoms with Crippen LogP contribution in [0.15, 0.2) is 59.6 Å². The Kier molecular flexibility index (Phi) is 7.99. The van der Waals surface area contributed by atoms with E-state index in [9.17, 15) is 4.79 Å². The van der Waals surface area contributed by atoms with Crippen molar-refractivity contribution in [2.45, 2.75) is 6.92 Å². The van der Waals surface area contributed by atoms with Gasteiger partial charge in [-0.1, -0.05) is 35.9 Å². The first-order chi connectivity index (χ1) is 12.7. The maximum atomic E-state index is 11.9. The van der Waals surface area contributed by atoms with Crippen molar-refractivity contribution in [3.8, 4) is 5.75 Å². The third-order valence-electron chi connectivity index (χ3n) is 3.65. The summed E-state index contributed by atoms with van der Waals surface area (Å²) in [5.41, 5.74) is 1.86. The lowest BCUT2D eigenvalue weighted by molar-refractivity contribution is 0.0954. The van der Waals surface area contributed by atoms with Crippen molar-refractivity contribution in [3.63, 3.8) is 0 Å². The number of benzene rings is 2. The number of aryl methyl sites for hydroxylation is 1. The lowest BCUT2D eigenvalue weighted by Gasteiger charge is -2.13. The Bertz CT molecular complexity index is 700. The zero-order valence-corrected chi connectivity index (χ0v) is 15.3. The summed E-state index contributed by atoms with van der Waals surface area (Å²) in [6.45, 7) is 4.30. The van der Waals surface area contributed by atoms with Crippen LogP contribution in [-0.4, -0.2) is 45.2 Å². The molecule has 0 aliphatic heterocycles. The SMILES string of the molecule is CN=C(NCCNC(=O)c1ccccc1)NCCOc1ccc(C)cc1. The Hall–Kier alpha value is -3.02. The number of nitrogens with one attached hydrogen (secondary N) is 3. The molecule has 1 amide bonds. The molecule has 6 nitrogen and oxygen atoms in total. The number of aliphatic imine (C=N–C) groups is 1. The Morgan fingerprint density at radius 2 is 1.58 bits per heavy atom. The third-order valence-corrected chi connectivity index (χ3v) is 3.65. The van der Waals surface area contributed by atoms with Gasteiger partial charge < -0.3 is 20.7 Å². The van der Waals surface area contributed by atoms with E-state index in [0.29, 0.717) is 37.8 Å². The molecule has 6 heteroatoms. The Balaban J connectivity index is 1.59. The second-order valence-corrected chi connectivity index (χ2v) is 5.71. The summed E-state index contributed by atoms with van der Waals surface area (Å²) < 4.78 is 5.66. The van der Waals surface area contributed by atoms with Gasteiger partial charge in [-0.05, 0) is 31.2 Å². The first-order valence-corrected chi connectivity index (χ1v) is 8.66. The van der Waals surface area contributed by atoms with Crippen LogP contribution >= 0.6 is 0 Å². The third kappa shape index (κ3) is 6.84. The second kappa shape index (κ2) is 10.8. The molecule has 2 aromatic carbocycles. The molecule has 0 saturated carbocycles. The highest BCUT2D eigenvalue weighted by atomic mass is 16.5. The zero-order chi connectivity index (χ0) is 18.6. The molecular formula is C20H26N4O2. The molecule has 0 spiro atoms. The van der Waals surface area contributed by atoms with Crippen molar-refractivity contribution < 1.29 is 9.53 Å². The lowest BCUT2D eigenvalue weighted by atomic mass is 10.2. The van der Waals surface area contributed by atoms with E-state index < -0.39 is 0 Å². The van der Waals surface area contributed by atoms with Crippen LogP contribution in [0.5, 0.6) is 5.75 Å². The van der Waals surface area contributed by atoms with Gasteiger partial charge in [-0.3, -0.25) is 9.79 Å². The Morgan fingerprint density at radius 3 is 2.27 bits per heavy atom. The van der Waals surface area contributed by atoms with Crippen molar-refractivity contribution in [1.29, 1.82) is 0 Å². The fourth-order valence-electron chi connectivity index (χ4n) is 2.24. The van der Waals surface area contributed by atoms with Crippen molar-refractivity contribution in [2.75, 3.05) is 33.3 Å². The molecule has 0 aliphatic rings. The number of carbonyl (C=O) groups is 1. The maximum absolute atomic E-state index is 11.9. The molecule has 138 valence electrons. The standard InChI is InChI=1S/C20H26N4O2/c1-16-8-10-18(11-9-16)26-15-14-24-20(21-2)23-13-12-22-19(25)17-6-4-3-5-7-17/h3-11H,12-15H2,1-2H3,(H,22,25)(H2,21,23,24). The predicted octanol–water partition coefficient (Wildman–Crippen LogP) is 1.97. The summed E-state index contributed by atoms with van der Waals surface area (Å²) >= 11 is 0. The average molecular weight is 354 g/mol. The van der Waals surface area contributed by atoms with Crippen LogP contribution in [0.25, 0.3) is 0 Å². The van der Waals surface area contributed by atoms with Crippen LogP contribution in [0.1, 0.15) is 15.9 Å². The number of carbonyl (C=O) groups excluding carboxylic acids is 1. The number of ether oxygens (including phenoxy) is 1. The van der Waals surface area contributed by atoms with Crippen molar-refractivity contribution in [2.24, 2.45) is 4.99 Å². The van der Waals surface area contributed by atoms with E-state index in [2.05, 4.69) is 20.9 Å². The van der Waals surface area contributed by atoms with E-state index in [-0.39, 0.29) is 5.91 Å². The van der Waals surface area contributed by atoms with E-state index in [1.54, 1.807) is 19.2 Å². The van der Waals surface area contributed by atoms with Gasteiger partial charge in [0, 0.05) is 25.7 Å². The average Bonchev–Trinajstić information content (AvgIpc) is 2.68. The van der Waals surface area contributed by atoms with Gasteiger partial charge in [-0.25, -0.2) is 0 Å². The highest BCUT2D eigenvalue weighted by molar-refractivity contribution is 5.94. The molecule has 0 unspecified atom stereocenters. The molecule has 0 bridgehead atoms. The predicted molar refractivity (Wildman–Crippen MR) is 105 cm³/mol.